The molecule has 1 aliphatic carbocycles. The van der Waals surface area contributed by atoms with E-state index in [4.69, 9.17) is 4.74 Å². The third-order valence-electron chi connectivity index (χ3n) is 4.83. The minimum Gasteiger partial charge on any atom is -0.465 e. The van der Waals surface area contributed by atoms with Gasteiger partial charge < -0.3 is 4.74 Å². The van der Waals surface area contributed by atoms with Crippen LogP contribution >= 0.6 is 0 Å². The van der Waals surface area contributed by atoms with Crippen LogP contribution in [0.3, 0.4) is 0 Å². The van der Waals surface area contributed by atoms with Crippen LogP contribution in [0.2, 0.25) is 0 Å². The van der Waals surface area contributed by atoms with Gasteiger partial charge in [0, 0.05) is 6.54 Å². The number of hydrogen-bond acceptors (Lipinski definition) is 4. The summed E-state index contributed by atoms with van der Waals surface area (Å²) in [5.41, 5.74) is 2.10. The molecule has 0 atom stereocenters. The smallest absolute Gasteiger partial charge is 0.337 e. The average Bonchev–Trinajstić information content (AvgIpc) is 3.07. The Balaban J connectivity index is 2.04. The van der Waals surface area contributed by atoms with Crippen molar-refractivity contribution in [1.82, 2.24) is 0 Å². The fourth-order valence-electron chi connectivity index (χ4n) is 3.59. The van der Waals surface area contributed by atoms with E-state index in [1.54, 1.807) is 6.07 Å². The first-order valence-electron chi connectivity index (χ1n) is 8.25. The first-order valence-corrected chi connectivity index (χ1v) is 9.86. The van der Waals surface area contributed by atoms with Crippen molar-refractivity contribution in [1.29, 1.82) is 0 Å². The Hall–Kier alpha value is -1.56. The minimum atomic E-state index is -3.28. The van der Waals surface area contributed by atoms with Crippen molar-refractivity contribution in [3.8, 4) is 0 Å². The van der Waals surface area contributed by atoms with Gasteiger partial charge in [-0.05, 0) is 55.4 Å². The number of carbonyl (C=O) groups excluding carboxylic acids is 1. The zero-order valence-electron chi connectivity index (χ0n) is 13.5. The lowest BCUT2D eigenvalue weighted by Crippen LogP contribution is -2.38. The van der Waals surface area contributed by atoms with E-state index in [0.29, 0.717) is 30.1 Å². The second-order valence-electron chi connectivity index (χ2n) is 6.38. The van der Waals surface area contributed by atoms with Crippen molar-refractivity contribution >= 4 is 21.7 Å². The predicted molar refractivity (Wildman–Crippen MR) is 89.4 cm³/mol. The van der Waals surface area contributed by atoms with Crippen molar-refractivity contribution in [3.63, 3.8) is 0 Å². The number of esters is 1. The minimum absolute atomic E-state index is 0.175. The molecule has 5 nitrogen and oxygen atoms in total. The van der Waals surface area contributed by atoms with Gasteiger partial charge in [-0.15, -0.1) is 0 Å². The second kappa shape index (κ2) is 6.51. The Morgan fingerprint density at radius 3 is 2.52 bits per heavy atom. The molecule has 23 heavy (non-hydrogen) atoms. The summed E-state index contributed by atoms with van der Waals surface area (Å²) in [5, 5.41) is 0. The lowest BCUT2D eigenvalue weighted by Gasteiger charge is -2.29. The number of carbonyl (C=O) groups is 1. The van der Waals surface area contributed by atoms with Crippen molar-refractivity contribution in [2.75, 3.05) is 23.7 Å². The summed E-state index contributed by atoms with van der Waals surface area (Å²) in [6.07, 6.45) is 6.11. The Morgan fingerprint density at radius 2 is 1.87 bits per heavy atom. The van der Waals surface area contributed by atoms with Crippen LogP contribution in [0.4, 0.5) is 5.69 Å². The molecule has 3 rings (SSSR count). The van der Waals surface area contributed by atoms with E-state index in [2.05, 4.69) is 0 Å². The normalized spacial score (nSPS) is 21.3. The van der Waals surface area contributed by atoms with Crippen LogP contribution in [0.5, 0.6) is 0 Å². The predicted octanol–water partition coefficient (Wildman–Crippen LogP) is 3.06. The molecular formula is C17H23NO4S. The van der Waals surface area contributed by atoms with Crippen LogP contribution in [-0.2, 0) is 14.8 Å². The number of benzene rings is 1. The highest BCUT2D eigenvalue weighted by atomic mass is 32.2. The van der Waals surface area contributed by atoms with Crippen LogP contribution in [0.1, 0.15) is 60.4 Å². The van der Waals surface area contributed by atoms with Crippen LogP contribution in [0, 0.1) is 0 Å². The van der Waals surface area contributed by atoms with Gasteiger partial charge in [-0.25, -0.2) is 13.2 Å². The molecule has 0 aromatic heterocycles. The highest BCUT2D eigenvalue weighted by molar-refractivity contribution is 7.92. The highest BCUT2D eigenvalue weighted by Gasteiger charge is 2.28. The second-order valence-corrected chi connectivity index (χ2v) is 8.39. The zero-order chi connectivity index (χ0) is 16.4. The molecule has 1 aromatic rings. The summed E-state index contributed by atoms with van der Waals surface area (Å²) >= 11 is 0. The Morgan fingerprint density at radius 1 is 1.13 bits per heavy atom. The highest BCUT2D eigenvalue weighted by Crippen LogP contribution is 2.37. The van der Waals surface area contributed by atoms with Gasteiger partial charge in [0.15, 0.2) is 0 Å². The van der Waals surface area contributed by atoms with Gasteiger partial charge in [0.2, 0.25) is 10.0 Å². The maximum Gasteiger partial charge on any atom is 0.337 e. The zero-order valence-corrected chi connectivity index (χ0v) is 14.3. The lowest BCUT2D eigenvalue weighted by atomic mass is 9.95. The van der Waals surface area contributed by atoms with Crippen molar-refractivity contribution < 1.29 is 17.9 Å². The first-order chi connectivity index (χ1) is 11.0. The first kappa shape index (κ1) is 16.3. The maximum atomic E-state index is 12.4. The molecule has 2 aliphatic rings. The van der Waals surface area contributed by atoms with E-state index in [9.17, 15) is 13.2 Å². The van der Waals surface area contributed by atoms with Gasteiger partial charge >= 0.3 is 5.97 Å². The summed E-state index contributed by atoms with van der Waals surface area (Å²) in [6, 6.07) is 5.46. The SMILES string of the molecule is COC(=O)c1cc(C2CCCC2)cc(N2CCCCS2(=O)=O)c1. The van der Waals surface area contributed by atoms with E-state index in [-0.39, 0.29) is 5.75 Å². The number of rotatable bonds is 3. The molecule has 0 bridgehead atoms. The molecule has 1 aliphatic heterocycles. The standard InChI is InChI=1S/C17H23NO4S/c1-22-17(19)15-10-14(13-6-2-3-7-13)11-16(12-15)18-8-4-5-9-23(18,20)21/h10-13H,2-9H2,1H3. The van der Waals surface area contributed by atoms with Gasteiger partial charge in [0.05, 0.1) is 24.1 Å². The van der Waals surface area contributed by atoms with Crippen molar-refractivity contribution in [2.45, 2.75) is 44.4 Å². The van der Waals surface area contributed by atoms with Gasteiger partial charge in [0.25, 0.3) is 0 Å². The van der Waals surface area contributed by atoms with Crippen LogP contribution < -0.4 is 4.31 Å². The molecular weight excluding hydrogens is 314 g/mol. The molecule has 1 aromatic carbocycles. The van der Waals surface area contributed by atoms with E-state index in [0.717, 1.165) is 24.8 Å². The van der Waals surface area contributed by atoms with Crippen molar-refractivity contribution in [3.05, 3.63) is 29.3 Å². The molecule has 6 heteroatoms. The number of ether oxygens (including phenoxy) is 1. The number of nitrogens with zero attached hydrogens (tertiary/aromatic N) is 1. The quantitative estimate of drug-likeness (QED) is 0.795. The molecule has 0 unspecified atom stereocenters. The number of sulfonamides is 1. The molecule has 0 amide bonds. The van der Waals surface area contributed by atoms with E-state index in [1.807, 2.05) is 12.1 Å². The Labute approximate surface area is 137 Å². The number of anilines is 1. The van der Waals surface area contributed by atoms with E-state index >= 15 is 0 Å². The largest absolute Gasteiger partial charge is 0.465 e. The third-order valence-corrected chi connectivity index (χ3v) is 6.69. The van der Waals surface area contributed by atoms with Gasteiger partial charge in [-0.3, -0.25) is 4.31 Å². The topological polar surface area (TPSA) is 63.7 Å². The summed E-state index contributed by atoms with van der Waals surface area (Å²) in [6.45, 7) is 0.483. The Kier molecular flexibility index (Phi) is 4.62. The summed E-state index contributed by atoms with van der Waals surface area (Å²) in [5.74, 6) is 0.167. The molecule has 126 valence electrons. The fourth-order valence-corrected chi connectivity index (χ4v) is 5.21. The van der Waals surface area contributed by atoms with Crippen LogP contribution in [-0.4, -0.2) is 33.8 Å². The van der Waals surface area contributed by atoms with Crippen molar-refractivity contribution in [2.24, 2.45) is 0 Å². The average molecular weight is 337 g/mol. The number of hydrogen-bond donors (Lipinski definition) is 0. The fraction of sp³-hybridized carbons (Fsp3) is 0.588. The van der Waals surface area contributed by atoms with Gasteiger partial charge in [0.1, 0.15) is 0 Å². The molecule has 1 heterocycles. The molecule has 1 saturated heterocycles. The Bertz CT molecular complexity index is 693. The summed E-state index contributed by atoms with van der Waals surface area (Å²) in [7, 11) is -1.94. The van der Waals surface area contributed by atoms with Gasteiger partial charge in [-0.2, -0.15) is 0 Å². The van der Waals surface area contributed by atoms with E-state index in [1.165, 1.54) is 24.3 Å². The monoisotopic (exact) mass is 337 g/mol. The lowest BCUT2D eigenvalue weighted by molar-refractivity contribution is 0.0600. The van der Waals surface area contributed by atoms with E-state index < -0.39 is 16.0 Å². The molecule has 0 spiro atoms. The summed E-state index contributed by atoms with van der Waals surface area (Å²) < 4.78 is 31.1. The third kappa shape index (κ3) is 3.37. The van der Waals surface area contributed by atoms with Crippen LogP contribution in [0.15, 0.2) is 18.2 Å². The number of methoxy groups -OCH3 is 1. The van der Waals surface area contributed by atoms with Crippen LogP contribution in [0.25, 0.3) is 0 Å². The maximum absolute atomic E-state index is 12.4. The molecule has 1 saturated carbocycles. The summed E-state index contributed by atoms with van der Waals surface area (Å²) in [4.78, 5) is 12.0. The van der Waals surface area contributed by atoms with Gasteiger partial charge in [-0.1, -0.05) is 12.8 Å². The molecule has 2 fully saturated rings. The molecule has 0 N–H and O–H groups in total. The molecule has 0 radical (unpaired) electrons.